The van der Waals surface area contributed by atoms with Gasteiger partial charge in [0, 0.05) is 39.4 Å². The summed E-state index contributed by atoms with van der Waals surface area (Å²) >= 11 is 0. The minimum absolute atomic E-state index is 0.0193. The van der Waals surface area contributed by atoms with Crippen LogP contribution >= 0.6 is 0 Å². The fraction of sp³-hybridized carbons (Fsp3) is 0.947. The maximum atomic E-state index is 12.4. The molecule has 0 aliphatic carbocycles. The van der Waals surface area contributed by atoms with Gasteiger partial charge in [-0.1, -0.05) is 6.42 Å². The largest absolute Gasteiger partial charge is 0.385 e. The maximum Gasteiger partial charge on any atom is 0.237 e. The molecule has 2 aliphatic heterocycles. The molecule has 24 heavy (non-hydrogen) atoms. The highest BCUT2D eigenvalue weighted by Crippen LogP contribution is 2.23. The number of likely N-dealkylation sites (tertiary alicyclic amines) is 2. The minimum atomic E-state index is -0.0193. The molecule has 1 amide bonds. The lowest BCUT2D eigenvalue weighted by molar-refractivity contribution is -0.126. The molecule has 140 valence electrons. The molecule has 0 saturated carbocycles. The molecule has 0 bridgehead atoms. The lowest BCUT2D eigenvalue weighted by Crippen LogP contribution is -2.51. The first-order valence-corrected chi connectivity index (χ1v) is 9.86. The predicted molar refractivity (Wildman–Crippen MR) is 98.1 cm³/mol. The Hall–Kier alpha value is -0.650. The first kappa shape index (κ1) is 19.7. The van der Waals surface area contributed by atoms with Crippen LogP contribution in [-0.2, 0) is 9.53 Å². The molecule has 0 spiro atoms. The van der Waals surface area contributed by atoms with Crippen molar-refractivity contribution in [1.82, 2.24) is 15.1 Å². The van der Waals surface area contributed by atoms with Crippen LogP contribution in [-0.4, -0.2) is 74.2 Å². The summed E-state index contributed by atoms with van der Waals surface area (Å²) in [6, 6.07) is 0.713. The zero-order valence-electron chi connectivity index (χ0n) is 15.9. The molecular formula is C19H37N3O2. The van der Waals surface area contributed by atoms with Crippen molar-refractivity contribution < 1.29 is 9.53 Å². The van der Waals surface area contributed by atoms with Crippen LogP contribution in [0.25, 0.3) is 0 Å². The Morgan fingerprint density at radius 3 is 2.83 bits per heavy atom. The van der Waals surface area contributed by atoms with Crippen LogP contribution < -0.4 is 5.32 Å². The van der Waals surface area contributed by atoms with Gasteiger partial charge in [0.15, 0.2) is 0 Å². The molecule has 5 nitrogen and oxygen atoms in total. The van der Waals surface area contributed by atoms with E-state index in [9.17, 15) is 4.79 Å². The SMILES string of the molecule is COCCCNC(=O)C(C)N1CCCC(CN2CCCCC2C)C1. The van der Waals surface area contributed by atoms with Crippen molar-refractivity contribution in [3.05, 3.63) is 0 Å². The number of nitrogens with zero attached hydrogens (tertiary/aromatic N) is 2. The second-order valence-electron chi connectivity index (χ2n) is 7.66. The molecule has 3 unspecified atom stereocenters. The lowest BCUT2D eigenvalue weighted by atomic mass is 9.94. The highest BCUT2D eigenvalue weighted by molar-refractivity contribution is 5.81. The Balaban J connectivity index is 1.75. The summed E-state index contributed by atoms with van der Waals surface area (Å²) in [6.07, 6.45) is 7.48. The second-order valence-corrected chi connectivity index (χ2v) is 7.66. The zero-order valence-corrected chi connectivity index (χ0v) is 15.9. The van der Waals surface area contributed by atoms with Gasteiger partial charge in [0.2, 0.25) is 5.91 Å². The molecular weight excluding hydrogens is 302 g/mol. The monoisotopic (exact) mass is 339 g/mol. The van der Waals surface area contributed by atoms with Crippen LogP contribution in [0.3, 0.4) is 0 Å². The molecule has 2 rings (SSSR count). The maximum absolute atomic E-state index is 12.4. The van der Waals surface area contributed by atoms with E-state index in [0.29, 0.717) is 19.1 Å². The van der Waals surface area contributed by atoms with Crippen LogP contribution in [0.4, 0.5) is 0 Å². The summed E-state index contributed by atoms with van der Waals surface area (Å²) < 4.78 is 5.03. The highest BCUT2D eigenvalue weighted by atomic mass is 16.5. The number of nitrogens with one attached hydrogen (secondary N) is 1. The molecule has 0 aromatic heterocycles. The van der Waals surface area contributed by atoms with E-state index in [4.69, 9.17) is 4.74 Å². The van der Waals surface area contributed by atoms with Crippen LogP contribution in [0.1, 0.15) is 52.4 Å². The van der Waals surface area contributed by atoms with Crippen LogP contribution in [0, 0.1) is 5.92 Å². The van der Waals surface area contributed by atoms with Crippen LogP contribution in [0.15, 0.2) is 0 Å². The molecule has 2 fully saturated rings. The van der Waals surface area contributed by atoms with Crippen molar-refractivity contribution in [2.75, 3.05) is 46.4 Å². The van der Waals surface area contributed by atoms with Gasteiger partial charge in [-0.25, -0.2) is 0 Å². The summed E-state index contributed by atoms with van der Waals surface area (Å²) in [7, 11) is 1.70. The Bertz CT molecular complexity index is 378. The third kappa shape index (κ3) is 6.01. The standard InChI is InChI=1S/C19H37N3O2/c1-16-8-4-5-11-21(16)14-18-9-6-12-22(15-18)17(2)19(23)20-10-7-13-24-3/h16-18H,4-15H2,1-3H3,(H,20,23). The van der Waals surface area contributed by atoms with Gasteiger partial charge in [-0.2, -0.15) is 0 Å². The van der Waals surface area contributed by atoms with E-state index in [2.05, 4.69) is 29.0 Å². The molecule has 0 aromatic carbocycles. The molecule has 2 aliphatic rings. The van der Waals surface area contributed by atoms with Crippen molar-refractivity contribution in [2.45, 2.75) is 64.5 Å². The quantitative estimate of drug-likeness (QED) is 0.688. The van der Waals surface area contributed by atoms with Crippen molar-refractivity contribution in [2.24, 2.45) is 5.92 Å². The lowest BCUT2D eigenvalue weighted by Gasteiger charge is -2.41. The second kappa shape index (κ2) is 10.4. The number of methoxy groups -OCH3 is 1. The Morgan fingerprint density at radius 1 is 1.25 bits per heavy atom. The zero-order chi connectivity index (χ0) is 17.4. The van der Waals surface area contributed by atoms with Gasteiger partial charge in [-0.3, -0.25) is 9.69 Å². The summed E-state index contributed by atoms with van der Waals surface area (Å²) in [5.41, 5.74) is 0. The molecule has 0 radical (unpaired) electrons. The fourth-order valence-electron chi connectivity index (χ4n) is 4.10. The topological polar surface area (TPSA) is 44.8 Å². The Labute approximate surface area is 148 Å². The van der Waals surface area contributed by atoms with E-state index in [0.717, 1.165) is 25.6 Å². The average Bonchev–Trinajstić information content (AvgIpc) is 2.60. The van der Waals surface area contributed by atoms with E-state index in [-0.39, 0.29) is 11.9 Å². The van der Waals surface area contributed by atoms with Crippen molar-refractivity contribution in [3.63, 3.8) is 0 Å². The first-order valence-electron chi connectivity index (χ1n) is 9.86. The number of piperidine rings is 2. The average molecular weight is 340 g/mol. The third-order valence-corrected chi connectivity index (χ3v) is 5.74. The summed E-state index contributed by atoms with van der Waals surface area (Å²) in [5.74, 6) is 0.876. The summed E-state index contributed by atoms with van der Waals surface area (Å²) in [4.78, 5) is 17.4. The number of rotatable bonds is 8. The molecule has 1 N–H and O–H groups in total. The number of amides is 1. The van der Waals surface area contributed by atoms with Gasteiger partial charge in [-0.05, 0) is 65.0 Å². The Morgan fingerprint density at radius 2 is 2.08 bits per heavy atom. The van der Waals surface area contributed by atoms with Gasteiger partial charge in [0.25, 0.3) is 0 Å². The molecule has 2 heterocycles. The molecule has 2 saturated heterocycles. The van der Waals surface area contributed by atoms with Crippen molar-refractivity contribution in [1.29, 1.82) is 0 Å². The summed E-state index contributed by atoms with van der Waals surface area (Å²) in [6.45, 7) is 10.4. The number of carbonyl (C=O) groups is 1. The van der Waals surface area contributed by atoms with Crippen LogP contribution in [0.2, 0.25) is 0 Å². The number of hydrogen-bond acceptors (Lipinski definition) is 4. The van der Waals surface area contributed by atoms with Gasteiger partial charge in [0.05, 0.1) is 6.04 Å². The van der Waals surface area contributed by atoms with E-state index >= 15 is 0 Å². The van der Waals surface area contributed by atoms with Gasteiger partial charge in [0.1, 0.15) is 0 Å². The highest BCUT2D eigenvalue weighted by Gasteiger charge is 2.29. The normalized spacial score (nSPS) is 27.8. The van der Waals surface area contributed by atoms with E-state index in [1.807, 2.05) is 0 Å². The Kier molecular flexibility index (Phi) is 8.50. The number of ether oxygens (including phenoxy) is 1. The molecule has 0 aromatic rings. The molecule has 3 atom stereocenters. The minimum Gasteiger partial charge on any atom is -0.385 e. The van der Waals surface area contributed by atoms with Crippen molar-refractivity contribution >= 4 is 5.91 Å². The molecule has 5 heteroatoms. The summed E-state index contributed by atoms with van der Waals surface area (Å²) in [5, 5.41) is 3.05. The number of hydrogen-bond donors (Lipinski definition) is 1. The van der Waals surface area contributed by atoms with E-state index < -0.39 is 0 Å². The number of carbonyl (C=O) groups excluding carboxylic acids is 1. The van der Waals surface area contributed by atoms with Gasteiger partial charge >= 0.3 is 0 Å². The van der Waals surface area contributed by atoms with Gasteiger partial charge < -0.3 is 15.0 Å². The van der Waals surface area contributed by atoms with Gasteiger partial charge in [-0.15, -0.1) is 0 Å². The van der Waals surface area contributed by atoms with Crippen molar-refractivity contribution in [3.8, 4) is 0 Å². The third-order valence-electron chi connectivity index (χ3n) is 5.74. The predicted octanol–water partition coefficient (Wildman–Crippen LogP) is 2.11. The fourth-order valence-corrected chi connectivity index (χ4v) is 4.10. The smallest absolute Gasteiger partial charge is 0.237 e. The van der Waals surface area contributed by atoms with E-state index in [1.165, 1.54) is 45.2 Å². The van der Waals surface area contributed by atoms with Crippen LogP contribution in [0.5, 0.6) is 0 Å². The first-order chi connectivity index (χ1) is 11.6. The van der Waals surface area contributed by atoms with E-state index in [1.54, 1.807) is 7.11 Å².